The van der Waals surface area contributed by atoms with Crippen LogP contribution in [0.25, 0.3) is 0 Å². The Balaban J connectivity index is 0.000000208. The van der Waals surface area contributed by atoms with Crippen LogP contribution in [-0.4, -0.2) is 33.0 Å². The first-order chi connectivity index (χ1) is 25.3. The van der Waals surface area contributed by atoms with Crippen LogP contribution in [0.5, 0.6) is 23.0 Å². The molecule has 300 valence electrons. The maximum absolute atomic E-state index is 12.1. The van der Waals surface area contributed by atoms with Crippen LogP contribution < -0.4 is 9.47 Å². The third-order valence-corrected chi connectivity index (χ3v) is 13.7. The number of fused-ring (bicyclic) bond motifs is 6. The average molecular weight is 745 g/mol. The highest BCUT2D eigenvalue weighted by atomic mass is 16.5. The molecule has 2 aliphatic heterocycles. The van der Waals surface area contributed by atoms with Crippen molar-refractivity contribution in [3.8, 4) is 23.0 Å². The molecule has 2 aromatic rings. The highest BCUT2D eigenvalue weighted by Gasteiger charge is 2.49. The van der Waals surface area contributed by atoms with Gasteiger partial charge in [-0.2, -0.15) is 0 Å². The van der Waals surface area contributed by atoms with E-state index in [2.05, 4.69) is 81.4 Å². The molecule has 0 spiro atoms. The quantitative estimate of drug-likeness (QED) is 0.210. The zero-order valence-electron chi connectivity index (χ0n) is 35.5. The van der Waals surface area contributed by atoms with E-state index in [-0.39, 0.29) is 45.7 Å². The van der Waals surface area contributed by atoms with Crippen molar-refractivity contribution >= 4 is 11.6 Å². The second kappa shape index (κ2) is 16.6. The molecule has 0 saturated heterocycles. The molecule has 2 N–H and O–H groups in total. The van der Waals surface area contributed by atoms with E-state index >= 15 is 0 Å². The van der Waals surface area contributed by atoms with Crippen molar-refractivity contribution in [2.75, 3.05) is 0 Å². The number of unbranched alkanes of at least 4 members (excludes halogenated alkanes) is 6. The van der Waals surface area contributed by atoms with Crippen LogP contribution in [0.1, 0.15) is 206 Å². The Bertz CT molecular complexity index is 1530. The molecule has 0 aromatic heterocycles. The molecular formula is C48H72O6. The minimum absolute atomic E-state index is 0.00696. The lowest BCUT2D eigenvalue weighted by Gasteiger charge is -2.47. The molecule has 6 rings (SSSR count). The molecule has 0 amide bonds. The molecule has 2 fully saturated rings. The molecule has 6 nitrogen and oxygen atoms in total. The third kappa shape index (κ3) is 9.15. The predicted octanol–water partition coefficient (Wildman–Crippen LogP) is 12.5. The van der Waals surface area contributed by atoms with Gasteiger partial charge >= 0.3 is 0 Å². The van der Waals surface area contributed by atoms with Gasteiger partial charge < -0.3 is 19.7 Å². The fraction of sp³-hybridized carbons (Fsp3) is 0.708. The fourth-order valence-corrected chi connectivity index (χ4v) is 10.2. The Labute approximate surface area is 327 Å². The molecule has 2 saturated carbocycles. The third-order valence-electron chi connectivity index (χ3n) is 13.7. The molecule has 0 bridgehead atoms. The van der Waals surface area contributed by atoms with Crippen molar-refractivity contribution in [3.05, 3.63) is 46.5 Å². The van der Waals surface area contributed by atoms with Gasteiger partial charge in [0, 0.05) is 60.5 Å². The molecule has 0 radical (unpaired) electrons. The maximum Gasteiger partial charge on any atom is 0.133 e. The number of Topliss-reactive ketones (excluding diaryl/α,β-unsaturated/α-hetero) is 2. The summed E-state index contributed by atoms with van der Waals surface area (Å²) in [6, 6.07) is 8.12. The van der Waals surface area contributed by atoms with Gasteiger partial charge in [-0.3, -0.25) is 9.59 Å². The van der Waals surface area contributed by atoms with Crippen LogP contribution in [0.2, 0.25) is 0 Å². The molecule has 2 aliphatic carbocycles. The van der Waals surface area contributed by atoms with Crippen LogP contribution >= 0.6 is 0 Å². The van der Waals surface area contributed by atoms with Crippen LogP contribution in [0, 0.1) is 11.8 Å². The number of rotatable bonds is 12. The first kappa shape index (κ1) is 42.1. The topological polar surface area (TPSA) is 93.1 Å². The first-order valence-electron chi connectivity index (χ1n) is 21.5. The minimum atomic E-state index is -0.311. The van der Waals surface area contributed by atoms with Gasteiger partial charge in [0.05, 0.1) is 0 Å². The number of benzene rings is 2. The standard InChI is InChI=1S/2C24H36O3/c2*1-6-7-8-9-12-23(2,3)16-13-20(26)22-18-15-17(25)10-11-19(18)24(4,5)27-21(22)14-16/h2*13-14,18-19,26H,6-12,15H2,1-5H3/t2*18-,19-/m11/s1. The molecule has 54 heavy (non-hydrogen) atoms. The summed E-state index contributed by atoms with van der Waals surface area (Å²) in [7, 11) is 0. The lowest BCUT2D eigenvalue weighted by molar-refractivity contribution is -0.125. The number of ketones is 2. The molecule has 4 aliphatic rings. The lowest BCUT2D eigenvalue weighted by Crippen LogP contribution is -2.47. The Morgan fingerprint density at radius 2 is 0.981 bits per heavy atom. The maximum atomic E-state index is 12.1. The number of carbonyl (C=O) groups excluding carboxylic acids is 2. The van der Waals surface area contributed by atoms with E-state index in [4.69, 9.17) is 9.47 Å². The smallest absolute Gasteiger partial charge is 0.133 e. The van der Waals surface area contributed by atoms with Crippen LogP contribution in [0.15, 0.2) is 24.3 Å². The van der Waals surface area contributed by atoms with Crippen molar-refractivity contribution in [1.29, 1.82) is 0 Å². The summed E-state index contributed by atoms with van der Waals surface area (Å²) in [5, 5.41) is 21.8. The van der Waals surface area contributed by atoms with Gasteiger partial charge in [0.15, 0.2) is 0 Å². The largest absolute Gasteiger partial charge is 0.508 e. The first-order valence-corrected chi connectivity index (χ1v) is 21.5. The Hall–Kier alpha value is -3.02. The molecule has 2 aromatic carbocycles. The van der Waals surface area contributed by atoms with Gasteiger partial charge in [-0.05, 0) is 99.6 Å². The van der Waals surface area contributed by atoms with Crippen LogP contribution in [0.3, 0.4) is 0 Å². The zero-order chi connectivity index (χ0) is 39.6. The van der Waals surface area contributed by atoms with Gasteiger partial charge in [0.2, 0.25) is 0 Å². The van der Waals surface area contributed by atoms with E-state index in [1.165, 1.54) is 51.4 Å². The molecule has 2 heterocycles. The lowest BCUT2D eigenvalue weighted by atomic mass is 9.66. The van der Waals surface area contributed by atoms with Gasteiger partial charge in [0.1, 0.15) is 45.8 Å². The van der Waals surface area contributed by atoms with Crippen molar-refractivity contribution < 1.29 is 29.3 Å². The summed E-state index contributed by atoms with van der Waals surface area (Å²) >= 11 is 0. The second-order valence-electron chi connectivity index (χ2n) is 19.6. The van der Waals surface area contributed by atoms with Crippen LogP contribution in [0.4, 0.5) is 0 Å². The highest BCUT2D eigenvalue weighted by Crippen LogP contribution is 2.56. The summed E-state index contributed by atoms with van der Waals surface area (Å²) in [6.07, 6.45) is 16.1. The number of hydrogen-bond donors (Lipinski definition) is 2. The summed E-state index contributed by atoms with van der Waals surface area (Å²) in [6.45, 7) is 22.0. The predicted molar refractivity (Wildman–Crippen MR) is 219 cm³/mol. The van der Waals surface area contributed by atoms with Crippen molar-refractivity contribution in [2.24, 2.45) is 11.8 Å². The molecule has 4 atom stereocenters. The van der Waals surface area contributed by atoms with E-state index in [1.54, 1.807) is 0 Å². The fourth-order valence-electron chi connectivity index (χ4n) is 10.2. The summed E-state index contributed by atoms with van der Waals surface area (Å²) < 4.78 is 12.8. The molecule has 6 heteroatoms. The van der Waals surface area contributed by atoms with Gasteiger partial charge in [0.25, 0.3) is 0 Å². The van der Waals surface area contributed by atoms with E-state index in [1.807, 2.05) is 12.1 Å². The van der Waals surface area contributed by atoms with E-state index in [0.29, 0.717) is 48.7 Å². The highest BCUT2D eigenvalue weighted by molar-refractivity contribution is 5.81. The second-order valence-corrected chi connectivity index (χ2v) is 19.6. The van der Waals surface area contributed by atoms with E-state index < -0.39 is 0 Å². The van der Waals surface area contributed by atoms with Gasteiger partial charge in [-0.1, -0.05) is 92.9 Å². The Morgan fingerprint density at radius 3 is 1.33 bits per heavy atom. The monoisotopic (exact) mass is 745 g/mol. The molecular weight excluding hydrogens is 673 g/mol. The van der Waals surface area contributed by atoms with E-state index in [0.717, 1.165) is 59.4 Å². The Kier molecular flexibility index (Phi) is 13.0. The van der Waals surface area contributed by atoms with Gasteiger partial charge in [-0.25, -0.2) is 0 Å². The number of ether oxygens (including phenoxy) is 2. The number of phenolic OH excluding ortho intramolecular Hbond substituents is 2. The van der Waals surface area contributed by atoms with Gasteiger partial charge in [-0.15, -0.1) is 0 Å². The van der Waals surface area contributed by atoms with Crippen molar-refractivity contribution in [3.63, 3.8) is 0 Å². The average Bonchev–Trinajstić information content (AvgIpc) is 3.07. The normalized spacial score (nSPS) is 24.1. The number of aromatic hydroxyl groups is 2. The Morgan fingerprint density at radius 1 is 0.611 bits per heavy atom. The van der Waals surface area contributed by atoms with Crippen molar-refractivity contribution in [1.82, 2.24) is 0 Å². The summed E-state index contributed by atoms with van der Waals surface area (Å²) in [5.41, 5.74) is 3.35. The van der Waals surface area contributed by atoms with E-state index in [9.17, 15) is 19.8 Å². The minimum Gasteiger partial charge on any atom is -0.508 e. The SMILES string of the molecule is CCCCCCC(C)(C)c1cc(O)c2c(c1)OC(C)(C)[C@@H]1CCC(=O)C[C@@H]21.CCCCCCC(C)(C)c1cc(O)c2c(c1)OC(C)(C)[C@@H]1CCC(=O)C[C@@H]21. The summed E-state index contributed by atoms with van der Waals surface area (Å²) in [5.74, 6) is 3.51. The van der Waals surface area contributed by atoms with Crippen molar-refractivity contribution in [2.45, 2.75) is 206 Å². The number of phenols is 2. The van der Waals surface area contributed by atoms with Crippen LogP contribution in [-0.2, 0) is 20.4 Å². The number of carbonyl (C=O) groups is 2. The molecule has 0 unspecified atom stereocenters. The zero-order valence-corrected chi connectivity index (χ0v) is 35.5. The summed E-state index contributed by atoms with van der Waals surface area (Å²) in [4.78, 5) is 24.3. The number of hydrogen-bond acceptors (Lipinski definition) is 6.